The standard InChI is InChI=1S/C28H32N2O5/c31-25(32)16-28(13-5-6-14-28)30-26(33)24(15-18-11-12-18)29-27(34)35-17-23-21-9-3-1-7-19(21)20-8-2-4-10-22(20)23/h1-4,7-10,18,23-24H,5-6,11-17H2,(H,29,34)(H,30,33)(H,31,32). The molecule has 0 bridgehead atoms. The van der Waals surface area contributed by atoms with Crippen molar-refractivity contribution in [3.8, 4) is 11.1 Å². The maximum absolute atomic E-state index is 13.2. The Hall–Kier alpha value is -3.35. The summed E-state index contributed by atoms with van der Waals surface area (Å²) in [6, 6.07) is 15.6. The summed E-state index contributed by atoms with van der Waals surface area (Å²) in [7, 11) is 0. The lowest BCUT2D eigenvalue weighted by atomic mass is 9.92. The monoisotopic (exact) mass is 476 g/mol. The zero-order chi connectivity index (χ0) is 24.4. The van der Waals surface area contributed by atoms with Crippen molar-refractivity contribution in [3.63, 3.8) is 0 Å². The summed E-state index contributed by atoms with van der Waals surface area (Å²) < 4.78 is 5.66. The van der Waals surface area contributed by atoms with Crippen molar-refractivity contribution in [2.45, 2.75) is 68.9 Å². The number of carbonyl (C=O) groups excluding carboxylic acids is 2. The topological polar surface area (TPSA) is 105 Å². The Morgan fingerprint density at radius 3 is 2.14 bits per heavy atom. The molecule has 0 radical (unpaired) electrons. The van der Waals surface area contributed by atoms with Gasteiger partial charge in [-0.25, -0.2) is 4.79 Å². The zero-order valence-corrected chi connectivity index (χ0v) is 19.8. The van der Waals surface area contributed by atoms with Crippen LogP contribution in [0.15, 0.2) is 48.5 Å². The van der Waals surface area contributed by atoms with Crippen LogP contribution in [0.25, 0.3) is 11.1 Å². The fraction of sp³-hybridized carbons (Fsp3) is 0.464. The van der Waals surface area contributed by atoms with E-state index in [1.807, 2.05) is 24.3 Å². The molecule has 2 amide bonds. The molecule has 1 atom stereocenters. The summed E-state index contributed by atoms with van der Waals surface area (Å²) in [6.07, 6.45) is 4.97. The van der Waals surface area contributed by atoms with Crippen molar-refractivity contribution < 1.29 is 24.2 Å². The molecule has 2 aromatic rings. The Kier molecular flexibility index (Phi) is 6.50. The molecular weight excluding hydrogens is 444 g/mol. The summed E-state index contributed by atoms with van der Waals surface area (Å²) in [5.74, 6) is -0.885. The number of fused-ring (bicyclic) bond motifs is 3. The molecule has 0 aliphatic heterocycles. The van der Waals surface area contributed by atoms with Crippen molar-refractivity contribution in [2.24, 2.45) is 5.92 Å². The summed E-state index contributed by atoms with van der Waals surface area (Å²) in [5.41, 5.74) is 3.84. The molecule has 7 nitrogen and oxygen atoms in total. The molecule has 0 saturated heterocycles. The van der Waals surface area contributed by atoms with Crippen LogP contribution < -0.4 is 10.6 Å². The van der Waals surface area contributed by atoms with Gasteiger partial charge in [-0.05, 0) is 47.4 Å². The van der Waals surface area contributed by atoms with Gasteiger partial charge in [0.1, 0.15) is 12.6 Å². The number of ether oxygens (including phenoxy) is 1. The first-order valence-electron chi connectivity index (χ1n) is 12.6. The maximum atomic E-state index is 13.2. The van der Waals surface area contributed by atoms with Gasteiger partial charge in [-0.3, -0.25) is 9.59 Å². The van der Waals surface area contributed by atoms with E-state index in [4.69, 9.17) is 4.74 Å². The van der Waals surface area contributed by atoms with Gasteiger partial charge in [-0.1, -0.05) is 74.2 Å². The van der Waals surface area contributed by atoms with Gasteiger partial charge in [0, 0.05) is 5.92 Å². The van der Waals surface area contributed by atoms with Crippen LogP contribution >= 0.6 is 0 Å². The molecule has 0 spiro atoms. The molecular formula is C28H32N2O5. The van der Waals surface area contributed by atoms with Crippen molar-refractivity contribution >= 4 is 18.0 Å². The highest BCUT2D eigenvalue weighted by Gasteiger charge is 2.40. The molecule has 2 fully saturated rings. The van der Waals surface area contributed by atoms with Gasteiger partial charge in [-0.2, -0.15) is 0 Å². The molecule has 3 aliphatic carbocycles. The quantitative estimate of drug-likeness (QED) is 0.491. The van der Waals surface area contributed by atoms with Crippen molar-refractivity contribution in [2.75, 3.05) is 6.61 Å². The molecule has 3 N–H and O–H groups in total. The Morgan fingerprint density at radius 1 is 0.971 bits per heavy atom. The average molecular weight is 477 g/mol. The minimum atomic E-state index is -0.921. The van der Waals surface area contributed by atoms with Gasteiger partial charge < -0.3 is 20.5 Å². The molecule has 0 heterocycles. The molecule has 5 rings (SSSR count). The molecule has 2 saturated carbocycles. The first-order chi connectivity index (χ1) is 16.9. The number of benzene rings is 2. The molecule has 3 aliphatic rings. The number of hydrogen-bond donors (Lipinski definition) is 3. The number of aliphatic carboxylic acids is 1. The Balaban J connectivity index is 1.24. The van der Waals surface area contributed by atoms with Crippen LogP contribution in [-0.2, 0) is 14.3 Å². The van der Waals surface area contributed by atoms with Gasteiger partial charge in [0.25, 0.3) is 0 Å². The minimum absolute atomic E-state index is 0.0545. The second-order valence-electron chi connectivity index (χ2n) is 10.2. The summed E-state index contributed by atoms with van der Waals surface area (Å²) in [5, 5.41) is 15.1. The lowest BCUT2D eigenvalue weighted by Gasteiger charge is -2.31. The largest absolute Gasteiger partial charge is 0.481 e. The number of nitrogens with one attached hydrogen (secondary N) is 2. The van der Waals surface area contributed by atoms with Crippen LogP contribution in [0.4, 0.5) is 4.79 Å². The van der Waals surface area contributed by atoms with Gasteiger partial charge in [-0.15, -0.1) is 0 Å². The number of alkyl carbamates (subject to hydrolysis) is 1. The number of carboxylic acid groups (broad SMARTS) is 1. The molecule has 2 aromatic carbocycles. The van der Waals surface area contributed by atoms with E-state index in [-0.39, 0.29) is 24.9 Å². The number of amides is 2. The lowest BCUT2D eigenvalue weighted by molar-refractivity contribution is -0.139. The van der Waals surface area contributed by atoms with Crippen LogP contribution in [0.5, 0.6) is 0 Å². The van der Waals surface area contributed by atoms with E-state index < -0.39 is 23.6 Å². The highest BCUT2D eigenvalue weighted by atomic mass is 16.5. The van der Waals surface area contributed by atoms with Gasteiger partial charge in [0.2, 0.25) is 5.91 Å². The van der Waals surface area contributed by atoms with E-state index in [9.17, 15) is 19.5 Å². The van der Waals surface area contributed by atoms with Crippen LogP contribution in [-0.4, -0.2) is 41.3 Å². The van der Waals surface area contributed by atoms with E-state index in [2.05, 4.69) is 34.9 Å². The highest BCUT2D eigenvalue weighted by Crippen LogP contribution is 2.44. The van der Waals surface area contributed by atoms with E-state index in [0.29, 0.717) is 25.2 Å². The first-order valence-corrected chi connectivity index (χ1v) is 12.6. The van der Waals surface area contributed by atoms with Crippen molar-refractivity contribution in [1.29, 1.82) is 0 Å². The Bertz CT molecular complexity index is 1070. The Morgan fingerprint density at radius 2 is 1.57 bits per heavy atom. The van der Waals surface area contributed by atoms with Crippen LogP contribution in [0, 0.1) is 5.92 Å². The van der Waals surface area contributed by atoms with Gasteiger partial charge in [0.15, 0.2) is 0 Å². The summed E-state index contributed by atoms with van der Waals surface area (Å²) >= 11 is 0. The normalized spacial score (nSPS) is 18.9. The number of carbonyl (C=O) groups is 3. The van der Waals surface area contributed by atoms with Crippen molar-refractivity contribution in [1.82, 2.24) is 10.6 Å². The minimum Gasteiger partial charge on any atom is -0.481 e. The fourth-order valence-corrected chi connectivity index (χ4v) is 5.74. The number of carboxylic acids is 1. The predicted octanol–water partition coefficient (Wildman–Crippen LogP) is 4.60. The third-order valence-electron chi connectivity index (χ3n) is 7.66. The number of rotatable bonds is 9. The van der Waals surface area contributed by atoms with Crippen LogP contribution in [0.1, 0.15) is 68.4 Å². The first kappa shape index (κ1) is 23.4. The second kappa shape index (κ2) is 9.72. The zero-order valence-electron chi connectivity index (χ0n) is 19.8. The molecule has 1 unspecified atom stereocenters. The SMILES string of the molecule is O=C(O)CC1(NC(=O)C(CC2CC2)NC(=O)OCC2c3ccccc3-c3ccccc32)CCCC1. The summed E-state index contributed by atoms with van der Waals surface area (Å²) in [4.78, 5) is 37.4. The number of hydrogen-bond acceptors (Lipinski definition) is 4. The van der Waals surface area contributed by atoms with E-state index in [0.717, 1.165) is 47.9 Å². The Labute approximate surface area is 205 Å². The molecule has 35 heavy (non-hydrogen) atoms. The second-order valence-corrected chi connectivity index (χ2v) is 10.2. The van der Waals surface area contributed by atoms with Gasteiger partial charge >= 0.3 is 12.1 Å². The molecule has 184 valence electrons. The fourth-order valence-electron chi connectivity index (χ4n) is 5.74. The predicted molar refractivity (Wildman–Crippen MR) is 131 cm³/mol. The van der Waals surface area contributed by atoms with E-state index >= 15 is 0 Å². The maximum Gasteiger partial charge on any atom is 0.407 e. The average Bonchev–Trinajstić information content (AvgIpc) is 3.45. The van der Waals surface area contributed by atoms with Crippen LogP contribution in [0.3, 0.4) is 0 Å². The van der Waals surface area contributed by atoms with Crippen LogP contribution in [0.2, 0.25) is 0 Å². The molecule has 0 aromatic heterocycles. The van der Waals surface area contributed by atoms with Gasteiger partial charge in [0.05, 0.1) is 12.0 Å². The highest BCUT2D eigenvalue weighted by molar-refractivity contribution is 5.87. The van der Waals surface area contributed by atoms with E-state index in [1.165, 1.54) is 0 Å². The lowest BCUT2D eigenvalue weighted by Crippen LogP contribution is -2.55. The van der Waals surface area contributed by atoms with Crippen molar-refractivity contribution in [3.05, 3.63) is 59.7 Å². The smallest absolute Gasteiger partial charge is 0.407 e. The molecule has 7 heteroatoms. The third kappa shape index (κ3) is 5.19. The third-order valence-corrected chi connectivity index (χ3v) is 7.66. The van der Waals surface area contributed by atoms with E-state index in [1.54, 1.807) is 0 Å². The summed E-state index contributed by atoms with van der Waals surface area (Å²) in [6.45, 7) is 0.181.